The molecule has 3 atom stereocenters. The van der Waals surface area contributed by atoms with Gasteiger partial charge in [-0.3, -0.25) is 4.72 Å². The first kappa shape index (κ1) is 25.7. The lowest BCUT2D eigenvalue weighted by molar-refractivity contribution is 0.284. The average Bonchev–Trinajstić information content (AvgIpc) is 3.07. The highest BCUT2D eigenvalue weighted by molar-refractivity contribution is 7.92. The fourth-order valence-electron chi connectivity index (χ4n) is 4.70. The first-order chi connectivity index (χ1) is 15.3. The lowest BCUT2D eigenvalue weighted by atomic mass is 9.85. The van der Waals surface area contributed by atoms with Crippen molar-refractivity contribution >= 4 is 25.7 Å². The number of hydrogen-bond acceptors (Lipinski definition) is 5. The molecule has 0 amide bonds. The van der Waals surface area contributed by atoms with E-state index in [-0.39, 0.29) is 11.8 Å². The summed E-state index contributed by atoms with van der Waals surface area (Å²) in [5, 5.41) is 4.83. The predicted molar refractivity (Wildman–Crippen MR) is 135 cm³/mol. The smallest absolute Gasteiger partial charge is 0.229 e. The number of nitrogens with one attached hydrogen (secondary N) is 1. The SMILES string of the molecule is CC(C)CN1C[C@H](CC(C)S(N)(=O)=O)[C@@H](c2ccc(-c3cccc(NS(C)(=O)=O)c3)cc2)C1. The van der Waals surface area contributed by atoms with E-state index in [0.29, 0.717) is 18.0 Å². The van der Waals surface area contributed by atoms with Gasteiger partial charge in [-0.15, -0.1) is 0 Å². The van der Waals surface area contributed by atoms with Gasteiger partial charge in [0.2, 0.25) is 20.0 Å². The fraction of sp³-hybridized carbons (Fsp3) is 0.500. The quantitative estimate of drug-likeness (QED) is 0.556. The van der Waals surface area contributed by atoms with Crippen LogP contribution in [0.15, 0.2) is 48.5 Å². The maximum absolute atomic E-state index is 11.9. The first-order valence-electron chi connectivity index (χ1n) is 11.2. The molecule has 182 valence electrons. The second kappa shape index (κ2) is 10.1. The Balaban J connectivity index is 1.83. The van der Waals surface area contributed by atoms with E-state index in [0.717, 1.165) is 37.0 Å². The van der Waals surface area contributed by atoms with Crippen LogP contribution < -0.4 is 9.86 Å². The van der Waals surface area contributed by atoms with E-state index in [1.54, 1.807) is 13.0 Å². The molecule has 2 aromatic carbocycles. The number of hydrogen-bond donors (Lipinski definition) is 2. The van der Waals surface area contributed by atoms with Crippen LogP contribution in [-0.4, -0.2) is 52.9 Å². The van der Waals surface area contributed by atoms with Crippen LogP contribution in [0.5, 0.6) is 0 Å². The zero-order valence-corrected chi connectivity index (χ0v) is 21.4. The third kappa shape index (κ3) is 7.27. The van der Waals surface area contributed by atoms with E-state index in [9.17, 15) is 16.8 Å². The molecule has 7 nitrogen and oxygen atoms in total. The van der Waals surface area contributed by atoms with E-state index < -0.39 is 25.3 Å². The van der Waals surface area contributed by atoms with Crippen LogP contribution >= 0.6 is 0 Å². The molecule has 1 unspecified atom stereocenters. The molecule has 0 aliphatic carbocycles. The number of sulfonamides is 2. The standard InChI is InChI=1S/C24H35N3O4S2/c1-17(2)14-27-15-22(12-18(3)33(25,30)31)24(16-27)20-10-8-19(9-11-20)21-6-5-7-23(13-21)26-32(4,28)29/h5-11,13,17-18,22,24,26H,12,14-16H2,1-4H3,(H2,25,30,31)/t18?,22-,24+/m0/s1. The summed E-state index contributed by atoms with van der Waals surface area (Å²) in [5.74, 6) is 0.987. The van der Waals surface area contributed by atoms with Gasteiger partial charge in [0.15, 0.2) is 0 Å². The van der Waals surface area contributed by atoms with Gasteiger partial charge >= 0.3 is 0 Å². The molecule has 0 radical (unpaired) electrons. The minimum absolute atomic E-state index is 0.213. The number of anilines is 1. The molecule has 2 aromatic rings. The molecular weight excluding hydrogens is 458 g/mol. The summed E-state index contributed by atoms with van der Waals surface area (Å²) in [5.41, 5.74) is 3.61. The maximum Gasteiger partial charge on any atom is 0.229 e. The molecule has 1 fully saturated rings. The zero-order chi connectivity index (χ0) is 24.4. The lowest BCUT2D eigenvalue weighted by Gasteiger charge is -2.21. The van der Waals surface area contributed by atoms with Crippen LogP contribution in [0.4, 0.5) is 5.69 Å². The van der Waals surface area contributed by atoms with Crippen molar-refractivity contribution in [3.05, 3.63) is 54.1 Å². The fourth-order valence-corrected chi connectivity index (χ4v) is 5.77. The van der Waals surface area contributed by atoms with Gasteiger partial charge in [-0.25, -0.2) is 22.0 Å². The number of nitrogens with zero attached hydrogens (tertiary/aromatic N) is 1. The summed E-state index contributed by atoms with van der Waals surface area (Å²) < 4.78 is 49.3. The van der Waals surface area contributed by atoms with E-state index in [1.807, 2.05) is 30.3 Å². The summed E-state index contributed by atoms with van der Waals surface area (Å²) in [6, 6.07) is 15.6. The van der Waals surface area contributed by atoms with E-state index >= 15 is 0 Å². The topological polar surface area (TPSA) is 110 Å². The molecular formula is C24H35N3O4S2. The molecule has 0 bridgehead atoms. The lowest BCUT2D eigenvalue weighted by Crippen LogP contribution is -2.30. The molecule has 1 saturated heterocycles. The molecule has 0 spiro atoms. The summed E-state index contributed by atoms with van der Waals surface area (Å²) >= 11 is 0. The Morgan fingerprint density at radius 2 is 1.67 bits per heavy atom. The Hall–Kier alpha value is -1.94. The molecule has 33 heavy (non-hydrogen) atoms. The zero-order valence-electron chi connectivity index (χ0n) is 19.7. The summed E-state index contributed by atoms with van der Waals surface area (Å²) in [6.07, 6.45) is 1.67. The molecule has 1 heterocycles. The van der Waals surface area contributed by atoms with Crippen molar-refractivity contribution in [1.29, 1.82) is 0 Å². The van der Waals surface area contributed by atoms with Crippen molar-refractivity contribution in [3.8, 4) is 11.1 Å². The average molecular weight is 494 g/mol. The highest BCUT2D eigenvalue weighted by Gasteiger charge is 2.36. The first-order valence-corrected chi connectivity index (χ1v) is 14.7. The molecule has 9 heteroatoms. The second-order valence-electron chi connectivity index (χ2n) is 9.69. The van der Waals surface area contributed by atoms with Crippen molar-refractivity contribution in [3.63, 3.8) is 0 Å². The second-order valence-corrected chi connectivity index (χ2v) is 13.4. The number of nitrogens with two attached hydrogens (primary N) is 1. The molecule has 0 saturated carbocycles. The van der Waals surface area contributed by atoms with Crippen LogP contribution in [0, 0.1) is 11.8 Å². The van der Waals surface area contributed by atoms with Gasteiger partial charge < -0.3 is 4.90 Å². The van der Waals surface area contributed by atoms with Crippen LogP contribution in [0.25, 0.3) is 11.1 Å². The van der Waals surface area contributed by atoms with Crippen molar-refractivity contribution in [1.82, 2.24) is 4.90 Å². The number of rotatable bonds is 9. The minimum atomic E-state index is -3.56. The van der Waals surface area contributed by atoms with Crippen LogP contribution in [0.2, 0.25) is 0 Å². The van der Waals surface area contributed by atoms with E-state index in [4.69, 9.17) is 5.14 Å². The third-order valence-corrected chi connectivity index (χ3v) is 8.09. The van der Waals surface area contributed by atoms with Gasteiger partial charge in [-0.1, -0.05) is 50.2 Å². The number of primary sulfonamides is 1. The van der Waals surface area contributed by atoms with Crippen molar-refractivity contribution in [2.24, 2.45) is 17.0 Å². The Kier molecular flexibility index (Phi) is 7.88. The maximum atomic E-state index is 11.9. The molecule has 1 aliphatic rings. The van der Waals surface area contributed by atoms with Crippen LogP contribution in [-0.2, 0) is 20.0 Å². The monoisotopic (exact) mass is 493 g/mol. The predicted octanol–water partition coefficient (Wildman–Crippen LogP) is 3.46. The van der Waals surface area contributed by atoms with Gasteiger partial charge in [0.05, 0.1) is 11.5 Å². The normalized spacial score (nSPS) is 20.8. The van der Waals surface area contributed by atoms with Crippen molar-refractivity contribution in [2.75, 3.05) is 30.6 Å². The van der Waals surface area contributed by atoms with Gasteiger partial charge in [0.25, 0.3) is 0 Å². The highest BCUT2D eigenvalue weighted by atomic mass is 32.2. The van der Waals surface area contributed by atoms with Gasteiger partial charge in [0, 0.05) is 31.2 Å². The van der Waals surface area contributed by atoms with Crippen LogP contribution in [0.1, 0.15) is 38.7 Å². The van der Waals surface area contributed by atoms with Gasteiger partial charge in [0.1, 0.15) is 0 Å². The molecule has 3 N–H and O–H groups in total. The minimum Gasteiger partial charge on any atom is -0.302 e. The third-order valence-electron chi connectivity index (χ3n) is 6.17. The van der Waals surface area contributed by atoms with Gasteiger partial charge in [-0.05, 0) is 54.0 Å². The summed E-state index contributed by atoms with van der Waals surface area (Å²) in [4.78, 5) is 2.42. The summed E-state index contributed by atoms with van der Waals surface area (Å²) in [7, 11) is -6.90. The molecule has 0 aromatic heterocycles. The Morgan fingerprint density at radius 3 is 2.24 bits per heavy atom. The Labute approximate surface area is 198 Å². The van der Waals surface area contributed by atoms with E-state index in [1.165, 1.54) is 5.56 Å². The Bertz CT molecular complexity index is 1160. The number of benzene rings is 2. The van der Waals surface area contributed by atoms with Crippen molar-refractivity contribution < 1.29 is 16.8 Å². The molecule has 1 aliphatic heterocycles. The largest absolute Gasteiger partial charge is 0.302 e. The van der Waals surface area contributed by atoms with Crippen molar-refractivity contribution in [2.45, 2.75) is 38.4 Å². The van der Waals surface area contributed by atoms with E-state index in [2.05, 4.69) is 35.6 Å². The number of likely N-dealkylation sites (tertiary alicyclic amines) is 1. The summed E-state index contributed by atoms with van der Waals surface area (Å²) in [6.45, 7) is 8.82. The van der Waals surface area contributed by atoms with Gasteiger partial charge in [-0.2, -0.15) is 0 Å². The molecule has 3 rings (SSSR count). The Morgan fingerprint density at radius 1 is 1.00 bits per heavy atom. The highest BCUT2D eigenvalue weighted by Crippen LogP contribution is 2.37. The van der Waals surface area contributed by atoms with Crippen LogP contribution in [0.3, 0.4) is 0 Å².